The van der Waals surface area contributed by atoms with Crippen LogP contribution in [0, 0.1) is 0 Å². The summed E-state index contributed by atoms with van der Waals surface area (Å²) < 4.78 is 11.4. The summed E-state index contributed by atoms with van der Waals surface area (Å²) in [5, 5.41) is 11.4. The molecule has 0 atom stereocenters. The highest BCUT2D eigenvalue weighted by Gasteiger charge is 2.17. The summed E-state index contributed by atoms with van der Waals surface area (Å²) in [6.07, 6.45) is 0. The first-order valence-electron chi connectivity index (χ1n) is 18.9. The molecule has 0 saturated heterocycles. The number of rotatable bonds is 5. The number of anilines is 3. The lowest BCUT2D eigenvalue weighted by Gasteiger charge is -2.26. The van der Waals surface area contributed by atoms with Gasteiger partial charge in [-0.15, -0.1) is 22.7 Å². The Balaban J connectivity index is 0.972. The lowest BCUT2D eigenvalue weighted by molar-refractivity contribution is 0.631. The van der Waals surface area contributed by atoms with E-state index in [0.29, 0.717) is 0 Å². The largest absolute Gasteiger partial charge is 0.456 e. The zero-order valence-corrected chi connectivity index (χ0v) is 31.7. The fourth-order valence-electron chi connectivity index (χ4n) is 8.39. The van der Waals surface area contributed by atoms with Gasteiger partial charge in [-0.1, -0.05) is 103 Å². The molecule has 3 aromatic heterocycles. The first kappa shape index (κ1) is 31.6. The van der Waals surface area contributed by atoms with Gasteiger partial charge in [0.2, 0.25) is 0 Å². The van der Waals surface area contributed by atoms with E-state index in [1.807, 2.05) is 40.9 Å². The molecule has 12 rings (SSSR count). The zero-order chi connectivity index (χ0) is 36.7. The molecule has 2 nitrogen and oxygen atoms in total. The highest BCUT2D eigenvalue weighted by molar-refractivity contribution is 7.26. The van der Waals surface area contributed by atoms with E-state index in [0.717, 1.165) is 39.4 Å². The van der Waals surface area contributed by atoms with Crippen molar-refractivity contribution in [2.45, 2.75) is 0 Å². The summed E-state index contributed by atoms with van der Waals surface area (Å²) in [4.78, 5) is 2.40. The van der Waals surface area contributed by atoms with Crippen LogP contribution in [-0.2, 0) is 0 Å². The molecule has 0 aliphatic rings. The highest BCUT2D eigenvalue weighted by atomic mass is 32.1. The molecular weight excluding hydrogens is 719 g/mol. The first-order valence-corrected chi connectivity index (χ1v) is 20.5. The van der Waals surface area contributed by atoms with Gasteiger partial charge in [0.05, 0.1) is 0 Å². The predicted octanol–water partition coefficient (Wildman–Crippen LogP) is 16.3. The van der Waals surface area contributed by atoms with Gasteiger partial charge in [0.25, 0.3) is 0 Å². The molecule has 0 aliphatic heterocycles. The van der Waals surface area contributed by atoms with Crippen molar-refractivity contribution in [1.82, 2.24) is 0 Å². The molecule has 0 fully saturated rings. The lowest BCUT2D eigenvalue weighted by atomic mass is 10.0. The van der Waals surface area contributed by atoms with Crippen molar-refractivity contribution in [3.05, 3.63) is 188 Å². The predicted molar refractivity (Wildman–Crippen MR) is 243 cm³/mol. The monoisotopic (exact) mass is 749 g/mol. The molecule has 0 saturated carbocycles. The van der Waals surface area contributed by atoms with Crippen molar-refractivity contribution < 1.29 is 4.42 Å². The maximum atomic E-state index is 6.15. The van der Waals surface area contributed by atoms with Crippen LogP contribution in [0.25, 0.3) is 95.3 Å². The van der Waals surface area contributed by atoms with E-state index >= 15 is 0 Å². The van der Waals surface area contributed by atoms with Gasteiger partial charge in [0, 0.05) is 68.4 Å². The molecule has 262 valence electrons. The summed E-state index contributed by atoms with van der Waals surface area (Å²) in [6, 6.07) is 68.7. The van der Waals surface area contributed by atoms with E-state index in [4.69, 9.17) is 4.42 Å². The topological polar surface area (TPSA) is 16.4 Å². The van der Waals surface area contributed by atoms with Crippen LogP contribution in [0.2, 0.25) is 0 Å². The molecule has 0 amide bonds. The number of furan rings is 1. The first-order chi connectivity index (χ1) is 27.7. The Kier molecular flexibility index (Phi) is 7.00. The number of para-hydroxylation sites is 1. The Hall–Kier alpha value is -6.72. The Morgan fingerprint density at radius 1 is 0.321 bits per heavy atom. The fraction of sp³-hybridized carbons (Fsp3) is 0. The quantitative estimate of drug-likeness (QED) is 0.174. The average Bonchev–Trinajstić information content (AvgIpc) is 3.95. The average molecular weight is 750 g/mol. The maximum absolute atomic E-state index is 6.15. The molecule has 56 heavy (non-hydrogen) atoms. The van der Waals surface area contributed by atoms with Crippen molar-refractivity contribution >= 4 is 113 Å². The van der Waals surface area contributed by atoms with Crippen molar-refractivity contribution in [2.24, 2.45) is 0 Å². The summed E-state index contributed by atoms with van der Waals surface area (Å²) in [6.45, 7) is 0. The standard InChI is InChI=1S/C52H31NOS2/c1-4-10-47-37(7-1)29-48(54-47)34-15-13-32(14-16-34)33-17-21-40(22-18-33)53(41-23-19-35-30-51-45(27-38(35)25-41)43-8-2-5-11-49(43)55-51)42-24-20-36-31-52-46(28-39(36)26-42)44-9-3-6-12-50(44)56-52/h1-31H. The van der Waals surface area contributed by atoms with E-state index in [-0.39, 0.29) is 0 Å². The van der Waals surface area contributed by atoms with Crippen LogP contribution in [0.5, 0.6) is 0 Å². The molecule has 0 radical (unpaired) electrons. The third kappa shape index (κ3) is 5.15. The second-order valence-corrected chi connectivity index (χ2v) is 16.7. The van der Waals surface area contributed by atoms with Gasteiger partial charge in [-0.05, 0) is 118 Å². The molecule has 4 heteroatoms. The Labute approximate surface area is 330 Å². The van der Waals surface area contributed by atoms with Crippen LogP contribution >= 0.6 is 22.7 Å². The number of hydrogen-bond donors (Lipinski definition) is 0. The molecule has 3 heterocycles. The van der Waals surface area contributed by atoms with Crippen molar-refractivity contribution in [1.29, 1.82) is 0 Å². The molecular formula is C52H31NOS2. The van der Waals surface area contributed by atoms with Gasteiger partial charge in [0.15, 0.2) is 0 Å². The van der Waals surface area contributed by atoms with Crippen molar-refractivity contribution in [3.8, 4) is 22.5 Å². The van der Waals surface area contributed by atoms with Crippen LogP contribution in [0.15, 0.2) is 192 Å². The minimum Gasteiger partial charge on any atom is -0.456 e. The molecule has 0 aliphatic carbocycles. The Bertz CT molecular complexity index is 3290. The minimum atomic E-state index is 0.885. The molecule has 0 unspecified atom stereocenters. The summed E-state index contributed by atoms with van der Waals surface area (Å²) >= 11 is 3.74. The van der Waals surface area contributed by atoms with Gasteiger partial charge >= 0.3 is 0 Å². The summed E-state index contributed by atoms with van der Waals surface area (Å²) in [5.41, 5.74) is 7.67. The van der Waals surface area contributed by atoms with E-state index in [2.05, 4.69) is 175 Å². The van der Waals surface area contributed by atoms with E-state index in [1.165, 1.54) is 73.0 Å². The fourth-order valence-corrected chi connectivity index (χ4v) is 10.7. The van der Waals surface area contributed by atoms with E-state index in [1.54, 1.807) is 0 Å². The normalized spacial score (nSPS) is 11.9. The van der Waals surface area contributed by atoms with Gasteiger partial charge < -0.3 is 9.32 Å². The van der Waals surface area contributed by atoms with Crippen LogP contribution in [0.3, 0.4) is 0 Å². The number of benzene rings is 9. The van der Waals surface area contributed by atoms with E-state index in [9.17, 15) is 0 Å². The van der Waals surface area contributed by atoms with Gasteiger partial charge in [0.1, 0.15) is 11.3 Å². The minimum absolute atomic E-state index is 0.885. The third-order valence-electron chi connectivity index (χ3n) is 11.2. The Morgan fingerprint density at radius 2 is 0.821 bits per heavy atom. The number of hydrogen-bond acceptors (Lipinski definition) is 4. The Morgan fingerprint density at radius 3 is 1.41 bits per heavy atom. The van der Waals surface area contributed by atoms with Crippen molar-refractivity contribution in [3.63, 3.8) is 0 Å². The van der Waals surface area contributed by atoms with Crippen LogP contribution < -0.4 is 4.90 Å². The van der Waals surface area contributed by atoms with Gasteiger partial charge in [-0.25, -0.2) is 0 Å². The van der Waals surface area contributed by atoms with E-state index < -0.39 is 0 Å². The van der Waals surface area contributed by atoms with Crippen LogP contribution in [0.1, 0.15) is 0 Å². The summed E-state index contributed by atoms with van der Waals surface area (Å²) in [5.74, 6) is 0.885. The van der Waals surface area contributed by atoms with Gasteiger partial charge in [-0.3, -0.25) is 0 Å². The number of fused-ring (bicyclic) bond motifs is 9. The molecule has 0 spiro atoms. The lowest BCUT2D eigenvalue weighted by Crippen LogP contribution is -2.09. The molecule has 12 aromatic rings. The van der Waals surface area contributed by atoms with Gasteiger partial charge in [-0.2, -0.15) is 0 Å². The molecule has 0 N–H and O–H groups in total. The SMILES string of the molecule is c1ccc2oc(-c3ccc(-c4ccc(N(c5ccc6cc7sc8ccccc8c7cc6c5)c5ccc6cc7sc8ccccc8c7cc6c5)cc4)cc3)cc2c1. The smallest absolute Gasteiger partial charge is 0.135 e. The molecule has 9 aromatic carbocycles. The summed E-state index contributed by atoms with van der Waals surface area (Å²) in [7, 11) is 0. The van der Waals surface area contributed by atoms with Crippen LogP contribution in [0.4, 0.5) is 17.1 Å². The number of thiophene rings is 2. The van der Waals surface area contributed by atoms with Crippen LogP contribution in [-0.4, -0.2) is 0 Å². The zero-order valence-electron chi connectivity index (χ0n) is 30.1. The number of nitrogens with zero attached hydrogens (tertiary/aromatic N) is 1. The second kappa shape index (κ2) is 12.4. The molecule has 0 bridgehead atoms. The maximum Gasteiger partial charge on any atom is 0.135 e. The third-order valence-corrected chi connectivity index (χ3v) is 13.5. The second-order valence-electron chi connectivity index (χ2n) is 14.6. The highest BCUT2D eigenvalue weighted by Crippen LogP contribution is 2.43. The van der Waals surface area contributed by atoms with Crippen molar-refractivity contribution in [2.75, 3.05) is 4.90 Å².